The molecule has 8 nitrogen and oxygen atoms in total. The van der Waals surface area contributed by atoms with Gasteiger partial charge in [0, 0.05) is 31.9 Å². The second-order valence-electron chi connectivity index (χ2n) is 7.09. The lowest BCUT2D eigenvalue weighted by Crippen LogP contribution is -2.54. The Morgan fingerprint density at radius 3 is 2.62 bits per heavy atom. The Morgan fingerprint density at radius 1 is 1.28 bits per heavy atom. The third kappa shape index (κ3) is 3.69. The van der Waals surface area contributed by atoms with Crippen molar-refractivity contribution in [2.75, 3.05) is 24.5 Å². The quantitative estimate of drug-likeness (QED) is 0.815. The summed E-state index contributed by atoms with van der Waals surface area (Å²) in [7, 11) is -3.89. The molecular formula is C20H22N4O4S. The first-order valence-corrected chi connectivity index (χ1v) is 10.6. The summed E-state index contributed by atoms with van der Waals surface area (Å²) in [5, 5.41) is 18.7. The van der Waals surface area contributed by atoms with Crippen LogP contribution in [-0.2, 0) is 10.0 Å². The van der Waals surface area contributed by atoms with Crippen LogP contribution < -0.4 is 4.90 Å². The lowest BCUT2D eigenvalue weighted by Gasteiger charge is -2.40. The zero-order valence-electron chi connectivity index (χ0n) is 16.5. The van der Waals surface area contributed by atoms with E-state index in [9.17, 15) is 23.6 Å². The number of hydrogen-bond donors (Lipinski definition) is 1. The number of nitriles is 1. The van der Waals surface area contributed by atoms with Gasteiger partial charge in [-0.2, -0.15) is 9.57 Å². The molecule has 1 fully saturated rings. The maximum Gasteiger partial charge on any atom is 0.335 e. The van der Waals surface area contributed by atoms with E-state index in [1.165, 1.54) is 23.4 Å². The molecule has 0 amide bonds. The van der Waals surface area contributed by atoms with Crippen molar-refractivity contribution in [3.05, 3.63) is 52.7 Å². The summed E-state index contributed by atoms with van der Waals surface area (Å²) in [6, 6.07) is 8.06. The number of piperazine rings is 1. The van der Waals surface area contributed by atoms with Crippen molar-refractivity contribution in [3.8, 4) is 6.07 Å². The molecule has 1 aliphatic rings. The Labute approximate surface area is 170 Å². The van der Waals surface area contributed by atoms with Gasteiger partial charge in [-0.25, -0.2) is 18.2 Å². The molecule has 1 aromatic heterocycles. The smallest absolute Gasteiger partial charge is 0.335 e. The Morgan fingerprint density at radius 2 is 2.00 bits per heavy atom. The van der Waals surface area contributed by atoms with Crippen molar-refractivity contribution < 1.29 is 18.3 Å². The van der Waals surface area contributed by atoms with Gasteiger partial charge in [-0.3, -0.25) is 0 Å². The van der Waals surface area contributed by atoms with Crippen LogP contribution in [0.5, 0.6) is 0 Å². The van der Waals surface area contributed by atoms with Gasteiger partial charge in [-0.15, -0.1) is 0 Å². The van der Waals surface area contributed by atoms with Crippen LogP contribution in [0.4, 0.5) is 5.82 Å². The molecule has 0 spiro atoms. The van der Waals surface area contributed by atoms with Crippen LogP contribution in [-0.4, -0.2) is 54.5 Å². The van der Waals surface area contributed by atoms with Crippen LogP contribution >= 0.6 is 0 Å². The minimum atomic E-state index is -3.89. The van der Waals surface area contributed by atoms with Gasteiger partial charge in [-0.05, 0) is 50.1 Å². The summed E-state index contributed by atoms with van der Waals surface area (Å²) in [6.07, 6.45) is 1.61. The fraction of sp³-hybridized carbons (Fsp3) is 0.350. The molecule has 0 radical (unpaired) electrons. The minimum absolute atomic E-state index is 0.0207. The van der Waals surface area contributed by atoms with Gasteiger partial charge < -0.3 is 10.0 Å². The number of carbonyl (C=O) groups is 1. The number of carboxylic acid groups (broad SMARTS) is 1. The average molecular weight is 414 g/mol. The molecule has 1 N–H and O–H groups in total. The lowest BCUT2D eigenvalue weighted by molar-refractivity contribution is 0.0695. The van der Waals surface area contributed by atoms with Crippen molar-refractivity contribution in [1.29, 1.82) is 5.26 Å². The molecule has 29 heavy (non-hydrogen) atoms. The van der Waals surface area contributed by atoms with Gasteiger partial charge in [0.1, 0.15) is 11.9 Å². The molecule has 1 unspecified atom stereocenters. The molecular weight excluding hydrogens is 392 g/mol. The van der Waals surface area contributed by atoms with E-state index < -0.39 is 16.0 Å². The number of sulfonamides is 1. The zero-order valence-corrected chi connectivity index (χ0v) is 17.3. The van der Waals surface area contributed by atoms with Crippen molar-refractivity contribution in [2.45, 2.75) is 31.7 Å². The first-order chi connectivity index (χ1) is 13.7. The third-order valence-corrected chi connectivity index (χ3v) is 7.48. The topological polar surface area (TPSA) is 115 Å². The zero-order chi connectivity index (χ0) is 21.3. The van der Waals surface area contributed by atoms with E-state index in [4.69, 9.17) is 0 Å². The van der Waals surface area contributed by atoms with E-state index >= 15 is 0 Å². The summed E-state index contributed by atoms with van der Waals surface area (Å²) in [4.78, 5) is 17.7. The lowest BCUT2D eigenvalue weighted by atomic mass is 10.1. The van der Waals surface area contributed by atoms with Crippen molar-refractivity contribution in [2.24, 2.45) is 0 Å². The predicted octanol–water partition coefficient (Wildman–Crippen LogP) is 2.17. The van der Waals surface area contributed by atoms with Crippen molar-refractivity contribution in [1.82, 2.24) is 9.29 Å². The fourth-order valence-corrected chi connectivity index (χ4v) is 5.87. The Hall–Kier alpha value is -2.96. The van der Waals surface area contributed by atoms with Gasteiger partial charge in [0.15, 0.2) is 0 Å². The standard InChI is InChI=1S/C20H22N4O4S/c1-13-6-7-17(20(25)26)15(3)18(13)29(27,28)24-10-9-23(12-14(24)2)19-16(11-21)5-4-8-22-19/h4-8,14H,9-10,12H2,1-3H3,(H,25,26). The molecule has 2 aromatic rings. The number of nitrogens with zero attached hydrogens (tertiary/aromatic N) is 4. The number of aromatic nitrogens is 1. The largest absolute Gasteiger partial charge is 0.478 e. The summed E-state index contributed by atoms with van der Waals surface area (Å²) in [6.45, 7) is 5.95. The average Bonchev–Trinajstić information content (AvgIpc) is 2.67. The maximum absolute atomic E-state index is 13.4. The monoisotopic (exact) mass is 414 g/mol. The number of pyridine rings is 1. The van der Waals surface area contributed by atoms with Gasteiger partial charge in [-0.1, -0.05) is 6.07 Å². The number of anilines is 1. The van der Waals surface area contributed by atoms with Crippen LogP contribution in [0.25, 0.3) is 0 Å². The van der Waals surface area contributed by atoms with Gasteiger partial charge in [0.2, 0.25) is 10.0 Å². The SMILES string of the molecule is Cc1ccc(C(=O)O)c(C)c1S(=O)(=O)N1CCN(c2ncccc2C#N)CC1C. The highest BCUT2D eigenvalue weighted by atomic mass is 32.2. The summed E-state index contributed by atoms with van der Waals surface area (Å²) in [5.41, 5.74) is 1.17. The summed E-state index contributed by atoms with van der Waals surface area (Å²) in [5.74, 6) is -0.616. The Balaban J connectivity index is 1.94. The van der Waals surface area contributed by atoms with Crippen LogP contribution in [0.1, 0.15) is 34.0 Å². The number of carboxylic acids is 1. The summed E-state index contributed by atoms with van der Waals surface area (Å²) < 4.78 is 28.3. The van der Waals surface area contributed by atoms with Crippen LogP contribution in [0.3, 0.4) is 0 Å². The van der Waals surface area contributed by atoms with Gasteiger partial charge in [0.05, 0.1) is 16.0 Å². The highest BCUT2D eigenvalue weighted by molar-refractivity contribution is 7.89. The molecule has 1 aliphatic heterocycles. The van der Waals surface area contributed by atoms with E-state index in [-0.39, 0.29) is 28.6 Å². The Bertz CT molecular complexity index is 1110. The highest BCUT2D eigenvalue weighted by Gasteiger charge is 2.36. The Kier molecular flexibility index (Phi) is 5.59. The fourth-order valence-electron chi connectivity index (χ4n) is 3.80. The molecule has 2 heterocycles. The number of aromatic carboxylic acids is 1. The third-order valence-electron chi connectivity index (χ3n) is 5.17. The van der Waals surface area contributed by atoms with E-state index in [1.807, 2.05) is 4.90 Å². The highest BCUT2D eigenvalue weighted by Crippen LogP contribution is 2.30. The molecule has 0 saturated carbocycles. The predicted molar refractivity (Wildman–Crippen MR) is 107 cm³/mol. The number of rotatable bonds is 4. The van der Waals surface area contributed by atoms with Crippen LogP contribution in [0.15, 0.2) is 35.4 Å². The minimum Gasteiger partial charge on any atom is -0.478 e. The van der Waals surface area contributed by atoms with Gasteiger partial charge in [0.25, 0.3) is 0 Å². The van der Waals surface area contributed by atoms with Crippen LogP contribution in [0.2, 0.25) is 0 Å². The second-order valence-corrected chi connectivity index (χ2v) is 8.91. The maximum atomic E-state index is 13.4. The van der Waals surface area contributed by atoms with Crippen molar-refractivity contribution in [3.63, 3.8) is 0 Å². The van der Waals surface area contributed by atoms with Crippen molar-refractivity contribution >= 4 is 21.8 Å². The normalized spacial score (nSPS) is 17.7. The molecule has 152 valence electrons. The molecule has 3 rings (SSSR count). The molecule has 0 aliphatic carbocycles. The van der Waals surface area contributed by atoms with Gasteiger partial charge >= 0.3 is 5.97 Å². The second kappa shape index (κ2) is 7.81. The number of aryl methyl sites for hydroxylation is 1. The van der Waals surface area contributed by atoms with E-state index in [0.29, 0.717) is 30.0 Å². The summed E-state index contributed by atoms with van der Waals surface area (Å²) >= 11 is 0. The first-order valence-electron chi connectivity index (χ1n) is 9.14. The molecule has 1 atom stereocenters. The number of benzene rings is 1. The van der Waals surface area contributed by atoms with E-state index in [2.05, 4.69) is 11.1 Å². The molecule has 9 heteroatoms. The van der Waals surface area contributed by atoms with E-state index in [1.54, 1.807) is 32.2 Å². The molecule has 1 saturated heterocycles. The molecule has 1 aromatic carbocycles. The first kappa shape index (κ1) is 20.8. The molecule has 0 bridgehead atoms. The van der Waals surface area contributed by atoms with Crippen LogP contribution in [0, 0.1) is 25.2 Å². The van der Waals surface area contributed by atoms with E-state index in [0.717, 1.165) is 0 Å². The number of hydrogen-bond acceptors (Lipinski definition) is 6.